The molecule has 1 atom stereocenters. The van der Waals surface area contributed by atoms with Crippen molar-refractivity contribution in [1.29, 1.82) is 0 Å². The van der Waals surface area contributed by atoms with Crippen molar-refractivity contribution in [2.75, 3.05) is 7.05 Å². The topological polar surface area (TPSA) is 57.6 Å². The summed E-state index contributed by atoms with van der Waals surface area (Å²) in [6, 6.07) is 10.2. The Labute approximate surface area is 127 Å². The van der Waals surface area contributed by atoms with Gasteiger partial charge in [0.2, 0.25) is 0 Å². The van der Waals surface area contributed by atoms with E-state index in [1.165, 1.54) is 10.9 Å². The molecule has 0 aliphatic heterocycles. The minimum absolute atomic E-state index is 0.0314. The first-order valence-electron chi connectivity index (χ1n) is 6.57. The van der Waals surface area contributed by atoms with Crippen LogP contribution >= 0.6 is 11.3 Å². The number of benzene rings is 1. The van der Waals surface area contributed by atoms with Gasteiger partial charge in [0.15, 0.2) is 0 Å². The minimum atomic E-state index is -1.09. The second-order valence-electron chi connectivity index (χ2n) is 4.89. The number of hydrogen-bond acceptors (Lipinski definition) is 3. The number of amides is 1. The molecular weight excluding hydrogens is 286 g/mol. The Morgan fingerprint density at radius 3 is 2.29 bits per heavy atom. The van der Waals surface area contributed by atoms with E-state index in [0.29, 0.717) is 0 Å². The van der Waals surface area contributed by atoms with Crippen molar-refractivity contribution in [3.8, 4) is 0 Å². The van der Waals surface area contributed by atoms with Crippen molar-refractivity contribution < 1.29 is 14.7 Å². The minimum Gasteiger partial charge on any atom is -0.478 e. The van der Waals surface area contributed by atoms with Gasteiger partial charge in [-0.3, -0.25) is 4.79 Å². The second-order valence-corrected chi connectivity index (χ2v) is 6.21. The lowest BCUT2D eigenvalue weighted by Gasteiger charge is -2.24. The predicted molar refractivity (Wildman–Crippen MR) is 83.0 cm³/mol. The molecule has 0 saturated heterocycles. The van der Waals surface area contributed by atoms with Crippen molar-refractivity contribution in [2.45, 2.75) is 19.9 Å². The fourth-order valence-electron chi connectivity index (χ4n) is 2.09. The van der Waals surface area contributed by atoms with Crippen molar-refractivity contribution in [3.05, 3.63) is 57.3 Å². The third kappa shape index (κ3) is 3.13. The maximum Gasteiger partial charge on any atom is 0.336 e. The summed E-state index contributed by atoms with van der Waals surface area (Å²) in [5, 5.41) is 9.19. The van der Waals surface area contributed by atoms with Crippen LogP contribution < -0.4 is 0 Å². The molecule has 21 heavy (non-hydrogen) atoms. The molecule has 4 nitrogen and oxygen atoms in total. The SMILES string of the molecule is Cc1ccc(C(C)N(C)C(=O)c2ccccc2C(=O)O)s1. The fourth-order valence-corrected chi connectivity index (χ4v) is 3.06. The van der Waals surface area contributed by atoms with Gasteiger partial charge in [-0.25, -0.2) is 4.79 Å². The molecule has 1 amide bonds. The normalized spacial score (nSPS) is 12.0. The van der Waals surface area contributed by atoms with Gasteiger partial charge in [-0.15, -0.1) is 11.3 Å². The summed E-state index contributed by atoms with van der Waals surface area (Å²) in [5.41, 5.74) is 0.247. The molecule has 1 N–H and O–H groups in total. The Kier molecular flexibility index (Phi) is 4.43. The highest BCUT2D eigenvalue weighted by Gasteiger charge is 2.23. The van der Waals surface area contributed by atoms with Crippen molar-refractivity contribution in [3.63, 3.8) is 0 Å². The van der Waals surface area contributed by atoms with Crippen molar-refractivity contribution in [2.24, 2.45) is 0 Å². The number of rotatable bonds is 4. The van der Waals surface area contributed by atoms with E-state index in [1.807, 2.05) is 26.0 Å². The molecule has 0 bridgehead atoms. The number of carboxylic acids is 1. The molecule has 0 radical (unpaired) electrons. The van der Waals surface area contributed by atoms with Gasteiger partial charge < -0.3 is 10.0 Å². The van der Waals surface area contributed by atoms with Crippen molar-refractivity contribution in [1.82, 2.24) is 4.90 Å². The summed E-state index contributed by atoms with van der Waals surface area (Å²) in [7, 11) is 1.70. The average Bonchev–Trinajstić information content (AvgIpc) is 2.91. The Bertz CT molecular complexity index is 678. The van der Waals surface area contributed by atoms with E-state index in [2.05, 4.69) is 0 Å². The molecule has 1 unspecified atom stereocenters. The number of nitrogens with zero attached hydrogens (tertiary/aromatic N) is 1. The fraction of sp³-hybridized carbons (Fsp3) is 0.250. The first-order valence-corrected chi connectivity index (χ1v) is 7.39. The maximum atomic E-state index is 12.6. The standard InChI is InChI=1S/C16H17NO3S/c1-10-8-9-14(21-10)11(2)17(3)15(18)12-6-4-5-7-13(12)16(19)20/h4-9,11H,1-3H3,(H,19,20). The van der Waals surface area contributed by atoms with Gasteiger partial charge >= 0.3 is 5.97 Å². The summed E-state index contributed by atoms with van der Waals surface area (Å²) in [4.78, 5) is 27.6. The van der Waals surface area contributed by atoms with Crippen molar-refractivity contribution >= 4 is 23.2 Å². The monoisotopic (exact) mass is 303 g/mol. The van der Waals surface area contributed by atoms with E-state index in [4.69, 9.17) is 0 Å². The van der Waals surface area contributed by atoms with Gasteiger partial charge in [-0.2, -0.15) is 0 Å². The number of carbonyl (C=O) groups is 2. The summed E-state index contributed by atoms with van der Waals surface area (Å²) in [5.74, 6) is -1.38. The Morgan fingerprint density at radius 2 is 1.76 bits per heavy atom. The quantitative estimate of drug-likeness (QED) is 0.939. The predicted octanol–water partition coefficient (Wildman–Crippen LogP) is 3.59. The highest BCUT2D eigenvalue weighted by molar-refractivity contribution is 7.12. The van der Waals surface area contributed by atoms with E-state index in [0.717, 1.165) is 4.88 Å². The second kappa shape index (κ2) is 6.10. The van der Waals surface area contributed by atoms with Gasteiger partial charge in [0, 0.05) is 16.8 Å². The zero-order chi connectivity index (χ0) is 15.6. The van der Waals surface area contributed by atoms with Crippen LogP contribution in [0.2, 0.25) is 0 Å². The summed E-state index contributed by atoms with van der Waals surface area (Å²) in [6.07, 6.45) is 0. The Hall–Kier alpha value is -2.14. The molecular formula is C16H17NO3S. The van der Waals surface area contributed by atoms with Crippen LogP contribution in [0.5, 0.6) is 0 Å². The van der Waals surface area contributed by atoms with E-state index in [-0.39, 0.29) is 23.1 Å². The van der Waals surface area contributed by atoms with E-state index < -0.39 is 5.97 Å². The number of aromatic carboxylic acids is 1. The van der Waals surface area contributed by atoms with Gasteiger partial charge in [-0.1, -0.05) is 12.1 Å². The van der Waals surface area contributed by atoms with Gasteiger partial charge in [0.05, 0.1) is 17.2 Å². The molecule has 2 rings (SSSR count). The molecule has 1 heterocycles. The van der Waals surface area contributed by atoms with Crippen LogP contribution in [0.4, 0.5) is 0 Å². The summed E-state index contributed by atoms with van der Waals surface area (Å²) >= 11 is 1.64. The smallest absolute Gasteiger partial charge is 0.336 e. The third-order valence-corrected chi connectivity index (χ3v) is 4.63. The Morgan fingerprint density at radius 1 is 1.14 bits per heavy atom. The average molecular weight is 303 g/mol. The van der Waals surface area contributed by atoms with Crippen LogP contribution in [0.3, 0.4) is 0 Å². The summed E-state index contributed by atoms with van der Waals surface area (Å²) in [6.45, 7) is 3.95. The van der Waals surface area contributed by atoms with Crippen LogP contribution in [0, 0.1) is 6.92 Å². The van der Waals surface area contributed by atoms with Crippen LogP contribution in [0.1, 0.15) is 43.4 Å². The van der Waals surface area contributed by atoms with E-state index in [1.54, 1.807) is 41.5 Å². The number of aryl methyl sites for hydroxylation is 1. The van der Waals surface area contributed by atoms with Crippen LogP contribution in [0.15, 0.2) is 36.4 Å². The largest absolute Gasteiger partial charge is 0.478 e. The zero-order valence-corrected chi connectivity index (χ0v) is 13.0. The molecule has 0 spiro atoms. The van der Waals surface area contributed by atoms with E-state index >= 15 is 0 Å². The maximum absolute atomic E-state index is 12.6. The lowest BCUT2D eigenvalue weighted by atomic mass is 10.1. The molecule has 0 aliphatic rings. The molecule has 5 heteroatoms. The van der Waals surface area contributed by atoms with Crippen LogP contribution in [-0.4, -0.2) is 28.9 Å². The Balaban J connectivity index is 2.29. The molecule has 0 fully saturated rings. The van der Waals surface area contributed by atoms with Gasteiger partial charge in [0.1, 0.15) is 0 Å². The number of carbonyl (C=O) groups excluding carboxylic acids is 1. The van der Waals surface area contributed by atoms with E-state index in [9.17, 15) is 14.7 Å². The highest BCUT2D eigenvalue weighted by atomic mass is 32.1. The van der Waals surface area contributed by atoms with Crippen LogP contribution in [0.25, 0.3) is 0 Å². The first-order chi connectivity index (χ1) is 9.91. The molecule has 1 aromatic carbocycles. The molecule has 110 valence electrons. The molecule has 0 saturated carbocycles. The molecule has 0 aliphatic carbocycles. The highest BCUT2D eigenvalue weighted by Crippen LogP contribution is 2.27. The molecule has 2 aromatic rings. The number of hydrogen-bond donors (Lipinski definition) is 1. The van der Waals surface area contributed by atoms with Gasteiger partial charge in [-0.05, 0) is 38.1 Å². The lowest BCUT2D eigenvalue weighted by molar-refractivity contribution is 0.0672. The first kappa shape index (κ1) is 15.3. The number of thiophene rings is 1. The molecule has 1 aromatic heterocycles. The van der Waals surface area contributed by atoms with Crippen LogP contribution in [-0.2, 0) is 0 Å². The lowest BCUT2D eigenvalue weighted by Crippen LogP contribution is -2.30. The van der Waals surface area contributed by atoms with Gasteiger partial charge in [0.25, 0.3) is 5.91 Å². The third-order valence-electron chi connectivity index (χ3n) is 3.46. The zero-order valence-electron chi connectivity index (χ0n) is 12.2. The number of carboxylic acid groups (broad SMARTS) is 1. The summed E-state index contributed by atoms with van der Waals surface area (Å²) < 4.78 is 0.